The lowest BCUT2D eigenvalue weighted by atomic mass is 10.2. The minimum Gasteiger partial charge on any atom is -0.494 e. The molecule has 0 unspecified atom stereocenters. The van der Waals surface area contributed by atoms with Gasteiger partial charge in [0.15, 0.2) is 11.1 Å². The lowest BCUT2D eigenvalue weighted by molar-refractivity contribution is 0.0696. The molecule has 0 aliphatic heterocycles. The van der Waals surface area contributed by atoms with E-state index in [9.17, 15) is 13.6 Å². The molecule has 0 aliphatic rings. The number of rotatable bonds is 3. The van der Waals surface area contributed by atoms with Crippen molar-refractivity contribution in [1.82, 2.24) is 4.98 Å². The summed E-state index contributed by atoms with van der Waals surface area (Å²) in [4.78, 5) is 14.3. The summed E-state index contributed by atoms with van der Waals surface area (Å²) in [5.41, 5.74) is -0.0869. The maximum absolute atomic E-state index is 12.4. The minimum atomic E-state index is -2.86. The van der Waals surface area contributed by atoms with Crippen LogP contribution in [0.15, 0.2) is 16.5 Å². The summed E-state index contributed by atoms with van der Waals surface area (Å²) < 4.78 is 34.4. The summed E-state index contributed by atoms with van der Waals surface area (Å²) in [6, 6.07) is 2.32. The van der Waals surface area contributed by atoms with E-state index in [4.69, 9.17) is 14.3 Å². The number of fused-ring (bicyclic) bond motifs is 1. The first-order valence-corrected chi connectivity index (χ1v) is 4.53. The van der Waals surface area contributed by atoms with Crippen LogP contribution in [0, 0.1) is 0 Å². The molecule has 2 aromatic rings. The maximum atomic E-state index is 12.4. The molecule has 1 N–H and O–H groups in total. The number of hydrogen-bond acceptors (Lipinski definition) is 4. The lowest BCUT2D eigenvalue weighted by Gasteiger charge is -2.01. The second kappa shape index (κ2) is 4.00. The number of benzene rings is 1. The highest BCUT2D eigenvalue weighted by Gasteiger charge is 2.20. The van der Waals surface area contributed by atoms with Crippen LogP contribution in [0.3, 0.4) is 0 Å². The molecule has 0 bridgehead atoms. The minimum absolute atomic E-state index is 0.0444. The van der Waals surface area contributed by atoms with Crippen LogP contribution >= 0.6 is 0 Å². The van der Waals surface area contributed by atoms with Gasteiger partial charge in [0.1, 0.15) is 5.75 Å². The van der Waals surface area contributed by atoms with E-state index in [0.29, 0.717) is 0 Å². The molecule has 1 aromatic heterocycles. The third-order valence-electron chi connectivity index (χ3n) is 2.13. The zero-order valence-corrected chi connectivity index (χ0v) is 8.61. The van der Waals surface area contributed by atoms with E-state index in [1.807, 2.05) is 0 Å². The molecule has 7 heteroatoms. The molecule has 0 spiro atoms. The normalized spacial score (nSPS) is 11.1. The van der Waals surface area contributed by atoms with E-state index in [1.165, 1.54) is 13.2 Å². The van der Waals surface area contributed by atoms with Crippen LogP contribution < -0.4 is 4.74 Å². The summed E-state index contributed by atoms with van der Waals surface area (Å²) in [6.07, 6.45) is -2.86. The van der Waals surface area contributed by atoms with Crippen LogP contribution in [0.4, 0.5) is 8.78 Å². The molecule has 0 saturated heterocycles. The second-order valence-electron chi connectivity index (χ2n) is 3.18. The van der Waals surface area contributed by atoms with Crippen molar-refractivity contribution in [1.29, 1.82) is 0 Å². The predicted molar refractivity (Wildman–Crippen MR) is 52.5 cm³/mol. The van der Waals surface area contributed by atoms with Crippen molar-refractivity contribution in [3.63, 3.8) is 0 Å². The molecule has 1 aromatic carbocycles. The Hall–Kier alpha value is -2.18. The van der Waals surface area contributed by atoms with Crippen LogP contribution in [-0.2, 0) is 0 Å². The van der Waals surface area contributed by atoms with Crippen molar-refractivity contribution in [2.24, 2.45) is 0 Å². The quantitative estimate of drug-likeness (QED) is 0.896. The van der Waals surface area contributed by atoms with E-state index in [2.05, 4.69) is 4.98 Å². The molecule has 90 valence electrons. The Morgan fingerprint density at radius 2 is 2.24 bits per heavy atom. The SMILES string of the molecule is COc1cc(C(=O)O)cc2oc(C(F)F)nc12. The van der Waals surface area contributed by atoms with Gasteiger partial charge in [-0.25, -0.2) is 9.78 Å². The molecule has 2 rings (SSSR count). The first-order valence-electron chi connectivity index (χ1n) is 4.53. The number of aromatic carboxylic acids is 1. The summed E-state index contributed by atoms with van der Waals surface area (Å²) in [6.45, 7) is 0. The van der Waals surface area contributed by atoms with Gasteiger partial charge < -0.3 is 14.3 Å². The third-order valence-corrected chi connectivity index (χ3v) is 2.13. The number of methoxy groups -OCH3 is 1. The van der Waals surface area contributed by atoms with Crippen molar-refractivity contribution in [3.05, 3.63) is 23.6 Å². The smallest absolute Gasteiger partial charge is 0.335 e. The highest BCUT2D eigenvalue weighted by Crippen LogP contribution is 2.30. The molecule has 5 nitrogen and oxygen atoms in total. The predicted octanol–water partition coefficient (Wildman–Crippen LogP) is 2.47. The fraction of sp³-hybridized carbons (Fsp3) is 0.200. The topological polar surface area (TPSA) is 72.6 Å². The number of halogens is 2. The Morgan fingerprint density at radius 3 is 2.76 bits per heavy atom. The molecular weight excluding hydrogens is 236 g/mol. The van der Waals surface area contributed by atoms with Crippen LogP contribution in [0.5, 0.6) is 5.75 Å². The van der Waals surface area contributed by atoms with E-state index < -0.39 is 18.3 Å². The Morgan fingerprint density at radius 1 is 1.53 bits per heavy atom. The molecule has 0 radical (unpaired) electrons. The summed E-state index contributed by atoms with van der Waals surface area (Å²) in [5.74, 6) is -1.89. The van der Waals surface area contributed by atoms with Gasteiger partial charge in [0, 0.05) is 0 Å². The van der Waals surface area contributed by atoms with E-state index in [1.54, 1.807) is 0 Å². The summed E-state index contributed by atoms with van der Waals surface area (Å²) in [5, 5.41) is 8.81. The molecular formula is C10H7F2NO4. The average Bonchev–Trinajstić information content (AvgIpc) is 2.71. The van der Waals surface area contributed by atoms with Gasteiger partial charge in [0.25, 0.3) is 5.89 Å². The Bertz CT molecular complexity index is 579. The first-order chi connectivity index (χ1) is 8.02. The van der Waals surface area contributed by atoms with Crippen LogP contribution in [0.2, 0.25) is 0 Å². The summed E-state index contributed by atoms with van der Waals surface area (Å²) in [7, 11) is 1.29. The van der Waals surface area contributed by atoms with Gasteiger partial charge in [-0.3, -0.25) is 0 Å². The number of carbonyl (C=O) groups is 1. The zero-order valence-electron chi connectivity index (χ0n) is 8.61. The van der Waals surface area contributed by atoms with Crippen molar-refractivity contribution in [3.8, 4) is 5.75 Å². The van der Waals surface area contributed by atoms with E-state index >= 15 is 0 Å². The van der Waals surface area contributed by atoms with E-state index in [-0.39, 0.29) is 22.4 Å². The highest BCUT2D eigenvalue weighted by atomic mass is 19.3. The number of ether oxygens (including phenoxy) is 1. The van der Waals surface area contributed by atoms with Crippen molar-refractivity contribution >= 4 is 17.1 Å². The number of alkyl halides is 2. The zero-order chi connectivity index (χ0) is 12.6. The number of aromatic nitrogens is 1. The number of oxazole rings is 1. The van der Waals surface area contributed by atoms with Gasteiger partial charge in [-0.1, -0.05) is 0 Å². The molecule has 0 atom stereocenters. The van der Waals surface area contributed by atoms with Gasteiger partial charge in [-0.05, 0) is 12.1 Å². The fourth-order valence-corrected chi connectivity index (χ4v) is 1.39. The van der Waals surface area contributed by atoms with Crippen molar-refractivity contribution in [2.45, 2.75) is 6.43 Å². The maximum Gasteiger partial charge on any atom is 0.335 e. The van der Waals surface area contributed by atoms with Gasteiger partial charge in [-0.2, -0.15) is 8.78 Å². The lowest BCUT2D eigenvalue weighted by Crippen LogP contribution is -1.97. The van der Waals surface area contributed by atoms with Crippen molar-refractivity contribution < 1.29 is 27.8 Å². The first kappa shape index (κ1) is 11.3. The second-order valence-corrected chi connectivity index (χ2v) is 3.18. The third kappa shape index (κ3) is 1.91. The molecule has 0 saturated carbocycles. The van der Waals surface area contributed by atoms with Gasteiger partial charge in [-0.15, -0.1) is 0 Å². The Labute approximate surface area is 93.6 Å². The standard InChI is InChI=1S/C10H7F2NO4/c1-16-5-2-4(10(14)15)3-6-7(5)13-9(17-6)8(11)12/h2-3,8H,1H3,(H,14,15). The molecule has 17 heavy (non-hydrogen) atoms. The highest BCUT2D eigenvalue weighted by molar-refractivity contribution is 5.94. The number of carboxylic acid groups (broad SMARTS) is 1. The van der Waals surface area contributed by atoms with Gasteiger partial charge in [0.2, 0.25) is 0 Å². The number of hydrogen-bond donors (Lipinski definition) is 1. The Kier molecular flexibility index (Phi) is 2.66. The number of carboxylic acids is 1. The van der Waals surface area contributed by atoms with Crippen LogP contribution in [0.1, 0.15) is 22.7 Å². The Balaban J connectivity index is 2.69. The molecule has 0 fully saturated rings. The monoisotopic (exact) mass is 243 g/mol. The van der Waals surface area contributed by atoms with Crippen molar-refractivity contribution in [2.75, 3.05) is 7.11 Å². The average molecular weight is 243 g/mol. The number of nitrogens with zero attached hydrogens (tertiary/aromatic N) is 1. The fourth-order valence-electron chi connectivity index (χ4n) is 1.39. The van der Waals surface area contributed by atoms with E-state index in [0.717, 1.165) is 6.07 Å². The molecule has 1 heterocycles. The summed E-state index contributed by atoms with van der Waals surface area (Å²) >= 11 is 0. The van der Waals surface area contributed by atoms with Crippen LogP contribution in [-0.4, -0.2) is 23.2 Å². The largest absolute Gasteiger partial charge is 0.494 e. The molecule has 0 amide bonds. The molecule has 0 aliphatic carbocycles. The van der Waals surface area contributed by atoms with Gasteiger partial charge in [0.05, 0.1) is 12.7 Å². The van der Waals surface area contributed by atoms with Crippen LogP contribution in [0.25, 0.3) is 11.1 Å². The van der Waals surface area contributed by atoms with Gasteiger partial charge >= 0.3 is 12.4 Å².